The van der Waals surface area contributed by atoms with E-state index in [2.05, 4.69) is 5.32 Å². The summed E-state index contributed by atoms with van der Waals surface area (Å²) in [4.78, 5) is 0. The number of methoxy groups -OCH3 is 1. The maximum absolute atomic E-state index is 13.4. The Kier molecular flexibility index (Phi) is 4.57. The first-order chi connectivity index (χ1) is 10.2. The van der Waals surface area contributed by atoms with E-state index in [1.165, 1.54) is 5.56 Å². The first kappa shape index (κ1) is 14.9. The molecular weight excluding hydrogens is 269 g/mol. The van der Waals surface area contributed by atoms with Gasteiger partial charge in [0.2, 0.25) is 0 Å². The van der Waals surface area contributed by atoms with E-state index in [0.717, 1.165) is 57.4 Å². The van der Waals surface area contributed by atoms with Gasteiger partial charge in [-0.25, -0.2) is 4.39 Å². The van der Waals surface area contributed by atoms with Gasteiger partial charge in [0.15, 0.2) is 0 Å². The van der Waals surface area contributed by atoms with Crippen molar-refractivity contribution in [2.45, 2.75) is 43.7 Å². The summed E-state index contributed by atoms with van der Waals surface area (Å²) in [6.45, 7) is 2.36. The number of benzene rings is 1. The summed E-state index contributed by atoms with van der Waals surface area (Å²) in [5, 5.41) is 3.66. The van der Waals surface area contributed by atoms with Gasteiger partial charge in [0.25, 0.3) is 0 Å². The van der Waals surface area contributed by atoms with Gasteiger partial charge in [-0.2, -0.15) is 0 Å². The van der Waals surface area contributed by atoms with Crippen molar-refractivity contribution in [3.8, 4) is 0 Å². The van der Waals surface area contributed by atoms with Crippen LogP contribution in [0.3, 0.4) is 0 Å². The third-order valence-electron chi connectivity index (χ3n) is 4.93. The minimum atomic E-state index is -0.132. The van der Waals surface area contributed by atoms with Gasteiger partial charge < -0.3 is 14.8 Å². The van der Waals surface area contributed by atoms with Crippen molar-refractivity contribution in [3.63, 3.8) is 0 Å². The van der Waals surface area contributed by atoms with Crippen LogP contribution in [-0.4, -0.2) is 32.5 Å². The fraction of sp³-hybridized carbons (Fsp3) is 0.647. The standard InChI is InChI=1S/C17H24FNO2/c1-20-17(7-9-21-10-8-17)12-19-16-4-2-3-13-11-14(18)5-6-15(13)16/h5-6,11,16,19H,2-4,7-10,12H2,1H3. The van der Waals surface area contributed by atoms with Gasteiger partial charge in [-0.3, -0.25) is 0 Å². The molecule has 1 fully saturated rings. The predicted molar refractivity (Wildman–Crippen MR) is 79.9 cm³/mol. The lowest BCUT2D eigenvalue weighted by Gasteiger charge is -2.38. The van der Waals surface area contributed by atoms with E-state index in [1.807, 2.05) is 6.07 Å². The zero-order chi connectivity index (χ0) is 14.7. The molecule has 4 heteroatoms. The summed E-state index contributed by atoms with van der Waals surface area (Å²) in [5.41, 5.74) is 2.29. The van der Waals surface area contributed by atoms with Gasteiger partial charge in [0, 0.05) is 45.8 Å². The largest absolute Gasteiger partial charge is 0.381 e. The van der Waals surface area contributed by atoms with Crippen molar-refractivity contribution in [3.05, 3.63) is 35.1 Å². The lowest BCUT2D eigenvalue weighted by atomic mass is 9.86. The number of halogens is 1. The normalized spacial score (nSPS) is 24.6. The summed E-state index contributed by atoms with van der Waals surface area (Å²) in [6, 6.07) is 5.50. The van der Waals surface area contributed by atoms with Gasteiger partial charge in [-0.15, -0.1) is 0 Å². The van der Waals surface area contributed by atoms with Gasteiger partial charge in [0.1, 0.15) is 5.82 Å². The molecule has 1 aliphatic carbocycles. The molecule has 1 aromatic carbocycles. The number of ether oxygens (including phenoxy) is 2. The molecule has 1 N–H and O–H groups in total. The summed E-state index contributed by atoms with van der Waals surface area (Å²) in [6.07, 6.45) is 5.06. The van der Waals surface area contributed by atoms with Crippen LogP contribution >= 0.6 is 0 Å². The smallest absolute Gasteiger partial charge is 0.123 e. The summed E-state index contributed by atoms with van der Waals surface area (Å²) in [7, 11) is 1.79. The van der Waals surface area contributed by atoms with Crippen molar-refractivity contribution in [2.75, 3.05) is 26.9 Å². The number of rotatable bonds is 4. The summed E-state index contributed by atoms with van der Waals surface area (Å²) in [5.74, 6) is -0.132. The molecule has 1 unspecified atom stereocenters. The second-order valence-electron chi connectivity index (χ2n) is 6.17. The third-order valence-corrected chi connectivity index (χ3v) is 4.93. The minimum Gasteiger partial charge on any atom is -0.381 e. The molecule has 1 atom stereocenters. The molecule has 1 aliphatic heterocycles. The molecule has 1 heterocycles. The van der Waals surface area contributed by atoms with Crippen molar-refractivity contribution >= 4 is 0 Å². The van der Waals surface area contributed by atoms with E-state index < -0.39 is 0 Å². The molecule has 0 bridgehead atoms. The molecule has 0 radical (unpaired) electrons. The highest BCUT2D eigenvalue weighted by atomic mass is 19.1. The van der Waals surface area contributed by atoms with Crippen LogP contribution in [0.1, 0.15) is 42.9 Å². The molecular formula is C17H24FNO2. The molecule has 0 saturated carbocycles. The molecule has 1 aromatic rings. The van der Waals surface area contributed by atoms with Gasteiger partial charge in [-0.1, -0.05) is 6.07 Å². The highest BCUT2D eigenvalue weighted by Crippen LogP contribution is 2.31. The van der Waals surface area contributed by atoms with Crippen LogP contribution in [0.4, 0.5) is 4.39 Å². The number of fused-ring (bicyclic) bond motifs is 1. The second kappa shape index (κ2) is 6.42. The summed E-state index contributed by atoms with van der Waals surface area (Å²) < 4.78 is 24.6. The van der Waals surface area contributed by atoms with Crippen LogP contribution in [0, 0.1) is 5.82 Å². The number of nitrogens with one attached hydrogen (secondary N) is 1. The molecule has 21 heavy (non-hydrogen) atoms. The Morgan fingerprint density at radius 2 is 2.19 bits per heavy atom. The van der Waals surface area contributed by atoms with Crippen molar-refractivity contribution in [2.24, 2.45) is 0 Å². The van der Waals surface area contributed by atoms with Crippen LogP contribution in [-0.2, 0) is 15.9 Å². The van der Waals surface area contributed by atoms with Crippen LogP contribution < -0.4 is 5.32 Å². The first-order valence-electron chi connectivity index (χ1n) is 7.87. The Hall–Kier alpha value is -0.970. The Balaban J connectivity index is 1.69. The molecule has 3 rings (SSSR count). The molecule has 0 aromatic heterocycles. The van der Waals surface area contributed by atoms with Crippen LogP contribution in [0.5, 0.6) is 0 Å². The lowest BCUT2D eigenvalue weighted by molar-refractivity contribution is -0.0888. The van der Waals surface area contributed by atoms with E-state index in [9.17, 15) is 4.39 Å². The zero-order valence-electron chi connectivity index (χ0n) is 12.7. The third kappa shape index (κ3) is 3.28. The molecule has 1 saturated heterocycles. The number of hydrogen-bond donors (Lipinski definition) is 1. The van der Waals surface area contributed by atoms with E-state index in [1.54, 1.807) is 19.2 Å². The van der Waals surface area contributed by atoms with Crippen molar-refractivity contribution in [1.82, 2.24) is 5.32 Å². The Morgan fingerprint density at radius 3 is 2.95 bits per heavy atom. The van der Waals surface area contributed by atoms with E-state index in [4.69, 9.17) is 9.47 Å². The average Bonchev–Trinajstić information content (AvgIpc) is 2.53. The molecule has 0 spiro atoms. The minimum absolute atomic E-state index is 0.115. The molecule has 0 amide bonds. The maximum atomic E-state index is 13.4. The van der Waals surface area contributed by atoms with E-state index in [0.29, 0.717) is 6.04 Å². The molecule has 3 nitrogen and oxygen atoms in total. The quantitative estimate of drug-likeness (QED) is 0.926. The Morgan fingerprint density at radius 1 is 1.38 bits per heavy atom. The monoisotopic (exact) mass is 293 g/mol. The van der Waals surface area contributed by atoms with Crippen molar-refractivity contribution < 1.29 is 13.9 Å². The highest BCUT2D eigenvalue weighted by Gasteiger charge is 2.33. The first-order valence-corrected chi connectivity index (χ1v) is 7.87. The van der Waals surface area contributed by atoms with Crippen LogP contribution in [0.25, 0.3) is 0 Å². The zero-order valence-corrected chi connectivity index (χ0v) is 12.7. The molecule has 116 valence electrons. The topological polar surface area (TPSA) is 30.5 Å². The van der Waals surface area contributed by atoms with E-state index >= 15 is 0 Å². The summed E-state index contributed by atoms with van der Waals surface area (Å²) >= 11 is 0. The van der Waals surface area contributed by atoms with Crippen LogP contribution in [0.2, 0.25) is 0 Å². The van der Waals surface area contributed by atoms with Crippen LogP contribution in [0.15, 0.2) is 18.2 Å². The number of aryl methyl sites for hydroxylation is 1. The van der Waals surface area contributed by atoms with Gasteiger partial charge in [-0.05, 0) is 42.5 Å². The fourth-order valence-corrected chi connectivity index (χ4v) is 3.50. The van der Waals surface area contributed by atoms with E-state index in [-0.39, 0.29) is 11.4 Å². The second-order valence-corrected chi connectivity index (χ2v) is 6.17. The van der Waals surface area contributed by atoms with Crippen molar-refractivity contribution in [1.29, 1.82) is 0 Å². The SMILES string of the molecule is COC1(CNC2CCCc3cc(F)ccc32)CCOCC1. The predicted octanol–water partition coefficient (Wildman–Crippen LogP) is 2.99. The average molecular weight is 293 g/mol. The lowest BCUT2D eigenvalue weighted by Crippen LogP contribution is -2.47. The Labute approximate surface area is 125 Å². The van der Waals surface area contributed by atoms with Gasteiger partial charge >= 0.3 is 0 Å². The Bertz CT molecular complexity index is 486. The number of hydrogen-bond acceptors (Lipinski definition) is 3. The highest BCUT2D eigenvalue weighted by molar-refractivity contribution is 5.32. The molecule has 2 aliphatic rings. The van der Waals surface area contributed by atoms with Gasteiger partial charge in [0.05, 0.1) is 5.60 Å². The maximum Gasteiger partial charge on any atom is 0.123 e. The fourth-order valence-electron chi connectivity index (χ4n) is 3.50.